The smallest absolute Gasteiger partial charge is 0.244 e. The molecule has 96 valence electrons. The van der Waals surface area contributed by atoms with Crippen molar-refractivity contribution in [1.82, 2.24) is 10.6 Å². The molecule has 1 aliphatic rings. The Hall–Kier alpha value is -1.88. The highest BCUT2D eigenvalue weighted by Crippen LogP contribution is 2.12. The molecule has 0 radical (unpaired) electrons. The number of carbonyl (C=O) groups is 2. The van der Waals surface area contributed by atoms with Gasteiger partial charge in [-0.2, -0.15) is 0 Å². The molecule has 0 aliphatic carbocycles. The van der Waals surface area contributed by atoms with E-state index >= 15 is 0 Å². The lowest BCUT2D eigenvalue weighted by molar-refractivity contribution is -0.125. The molecule has 0 spiro atoms. The first kappa shape index (κ1) is 12.6. The molecule has 2 rings (SSSR count). The Balaban J connectivity index is 1.81. The summed E-state index contributed by atoms with van der Waals surface area (Å²) in [5.74, 6) is 0.380. The number of imide groups is 1. The second-order valence-corrected chi connectivity index (χ2v) is 4.22. The van der Waals surface area contributed by atoms with Crippen molar-refractivity contribution in [2.45, 2.75) is 18.9 Å². The molecule has 2 N–H and O–H groups in total. The Morgan fingerprint density at radius 3 is 2.94 bits per heavy atom. The first-order chi connectivity index (χ1) is 8.69. The van der Waals surface area contributed by atoms with Crippen LogP contribution < -0.4 is 15.4 Å². The van der Waals surface area contributed by atoms with Gasteiger partial charge < -0.3 is 10.1 Å². The molecule has 1 aromatic rings. The summed E-state index contributed by atoms with van der Waals surface area (Å²) in [5.41, 5.74) is 1.13. The summed E-state index contributed by atoms with van der Waals surface area (Å²) < 4.78 is 5.14. The lowest BCUT2D eigenvalue weighted by Gasteiger charge is -2.09. The SMILES string of the molecule is COc1cccc(CCNC2CC(=O)NC2=O)c1. The quantitative estimate of drug-likeness (QED) is 0.733. The maximum Gasteiger partial charge on any atom is 0.244 e. The monoisotopic (exact) mass is 248 g/mol. The molecule has 1 saturated heterocycles. The molecule has 1 aliphatic heterocycles. The summed E-state index contributed by atoms with van der Waals surface area (Å²) in [5, 5.41) is 5.35. The van der Waals surface area contributed by atoms with Gasteiger partial charge in [0, 0.05) is 0 Å². The Labute approximate surface area is 106 Å². The van der Waals surface area contributed by atoms with Crippen LogP contribution in [0.25, 0.3) is 0 Å². The van der Waals surface area contributed by atoms with Crippen LogP contribution in [0.4, 0.5) is 0 Å². The average molecular weight is 248 g/mol. The van der Waals surface area contributed by atoms with Gasteiger partial charge in [-0.05, 0) is 30.7 Å². The highest BCUT2D eigenvalue weighted by atomic mass is 16.5. The molecule has 0 aromatic heterocycles. The van der Waals surface area contributed by atoms with Gasteiger partial charge in [-0.3, -0.25) is 14.9 Å². The summed E-state index contributed by atoms with van der Waals surface area (Å²) in [6.45, 7) is 0.651. The summed E-state index contributed by atoms with van der Waals surface area (Å²) in [7, 11) is 1.63. The molecule has 1 atom stereocenters. The molecular weight excluding hydrogens is 232 g/mol. The number of nitrogens with one attached hydrogen (secondary N) is 2. The van der Waals surface area contributed by atoms with Gasteiger partial charge in [0.15, 0.2) is 0 Å². The minimum atomic E-state index is -0.386. The number of carbonyl (C=O) groups excluding carboxylic acids is 2. The lowest BCUT2D eigenvalue weighted by Crippen LogP contribution is -2.37. The zero-order chi connectivity index (χ0) is 13.0. The van der Waals surface area contributed by atoms with Crippen molar-refractivity contribution < 1.29 is 14.3 Å². The molecule has 1 heterocycles. The Kier molecular flexibility index (Phi) is 3.94. The van der Waals surface area contributed by atoms with Crippen molar-refractivity contribution in [1.29, 1.82) is 0 Å². The first-order valence-corrected chi connectivity index (χ1v) is 5.89. The van der Waals surface area contributed by atoms with E-state index in [1.807, 2.05) is 24.3 Å². The van der Waals surface area contributed by atoms with E-state index in [1.54, 1.807) is 7.11 Å². The third kappa shape index (κ3) is 3.07. The van der Waals surface area contributed by atoms with Crippen LogP contribution in [0.15, 0.2) is 24.3 Å². The van der Waals surface area contributed by atoms with Gasteiger partial charge in [-0.15, -0.1) is 0 Å². The molecule has 1 fully saturated rings. The first-order valence-electron chi connectivity index (χ1n) is 5.89. The number of benzene rings is 1. The van der Waals surface area contributed by atoms with E-state index < -0.39 is 0 Å². The maximum atomic E-state index is 11.3. The average Bonchev–Trinajstić information content (AvgIpc) is 2.68. The van der Waals surface area contributed by atoms with Crippen LogP contribution in [0, 0.1) is 0 Å². The predicted octanol–water partition coefficient (Wildman–Crippen LogP) is 0.242. The zero-order valence-electron chi connectivity index (χ0n) is 10.2. The van der Waals surface area contributed by atoms with Crippen LogP contribution in [0.3, 0.4) is 0 Å². The third-order valence-electron chi connectivity index (χ3n) is 2.91. The van der Waals surface area contributed by atoms with Crippen LogP contribution in [0.5, 0.6) is 5.75 Å². The van der Waals surface area contributed by atoms with E-state index in [4.69, 9.17) is 4.74 Å². The largest absolute Gasteiger partial charge is 0.497 e. The Morgan fingerprint density at radius 2 is 2.28 bits per heavy atom. The van der Waals surface area contributed by atoms with Gasteiger partial charge in [0.25, 0.3) is 0 Å². The van der Waals surface area contributed by atoms with Crippen LogP contribution in [0.2, 0.25) is 0 Å². The summed E-state index contributed by atoms with van der Waals surface area (Å²) in [6, 6.07) is 7.40. The van der Waals surface area contributed by atoms with E-state index in [0.717, 1.165) is 17.7 Å². The number of rotatable bonds is 5. The van der Waals surface area contributed by atoms with Gasteiger partial charge in [0.05, 0.1) is 19.6 Å². The van der Waals surface area contributed by atoms with Gasteiger partial charge in [-0.1, -0.05) is 12.1 Å². The van der Waals surface area contributed by atoms with E-state index in [9.17, 15) is 9.59 Å². The van der Waals surface area contributed by atoms with E-state index in [2.05, 4.69) is 10.6 Å². The molecule has 1 unspecified atom stereocenters. The lowest BCUT2D eigenvalue weighted by atomic mass is 10.1. The van der Waals surface area contributed by atoms with Gasteiger partial charge in [0.2, 0.25) is 11.8 Å². The summed E-state index contributed by atoms with van der Waals surface area (Å²) >= 11 is 0. The fraction of sp³-hybridized carbons (Fsp3) is 0.385. The van der Waals surface area contributed by atoms with Gasteiger partial charge in [0.1, 0.15) is 5.75 Å². The molecule has 1 aromatic carbocycles. The second-order valence-electron chi connectivity index (χ2n) is 4.22. The van der Waals surface area contributed by atoms with Crippen molar-refractivity contribution in [3.63, 3.8) is 0 Å². The highest BCUT2D eigenvalue weighted by Gasteiger charge is 2.29. The van der Waals surface area contributed by atoms with Crippen LogP contribution in [0.1, 0.15) is 12.0 Å². The zero-order valence-corrected chi connectivity index (χ0v) is 10.2. The Morgan fingerprint density at radius 1 is 1.44 bits per heavy atom. The standard InChI is InChI=1S/C13H16N2O3/c1-18-10-4-2-3-9(7-10)5-6-14-11-8-12(16)15-13(11)17/h2-4,7,11,14H,5-6,8H2,1H3,(H,15,16,17). The van der Waals surface area contributed by atoms with Crippen LogP contribution >= 0.6 is 0 Å². The normalized spacial score (nSPS) is 18.8. The summed E-state index contributed by atoms with van der Waals surface area (Å²) in [6.07, 6.45) is 1.02. The molecule has 0 bridgehead atoms. The Bertz CT molecular complexity index is 459. The molecule has 18 heavy (non-hydrogen) atoms. The number of methoxy groups -OCH3 is 1. The van der Waals surface area contributed by atoms with Crippen LogP contribution in [-0.4, -0.2) is 31.5 Å². The number of hydrogen-bond acceptors (Lipinski definition) is 4. The number of ether oxygens (including phenoxy) is 1. The van der Waals surface area contributed by atoms with Crippen LogP contribution in [-0.2, 0) is 16.0 Å². The molecule has 2 amide bonds. The van der Waals surface area contributed by atoms with Gasteiger partial charge in [-0.25, -0.2) is 0 Å². The highest BCUT2D eigenvalue weighted by molar-refractivity contribution is 6.05. The number of hydrogen-bond donors (Lipinski definition) is 2. The topological polar surface area (TPSA) is 67.4 Å². The summed E-state index contributed by atoms with van der Waals surface area (Å²) in [4.78, 5) is 22.3. The van der Waals surface area contributed by atoms with Crippen molar-refractivity contribution >= 4 is 11.8 Å². The van der Waals surface area contributed by atoms with E-state index in [0.29, 0.717) is 6.54 Å². The fourth-order valence-electron chi connectivity index (χ4n) is 1.94. The number of amides is 2. The molecule has 0 saturated carbocycles. The third-order valence-corrected chi connectivity index (χ3v) is 2.91. The van der Waals surface area contributed by atoms with Crippen molar-refractivity contribution in [2.24, 2.45) is 0 Å². The maximum absolute atomic E-state index is 11.3. The predicted molar refractivity (Wildman–Crippen MR) is 66.3 cm³/mol. The minimum absolute atomic E-state index is 0.209. The fourth-order valence-corrected chi connectivity index (χ4v) is 1.94. The minimum Gasteiger partial charge on any atom is -0.497 e. The van der Waals surface area contributed by atoms with Crippen molar-refractivity contribution in [2.75, 3.05) is 13.7 Å². The molecule has 5 heteroatoms. The van der Waals surface area contributed by atoms with Gasteiger partial charge >= 0.3 is 0 Å². The van der Waals surface area contributed by atoms with Crippen molar-refractivity contribution in [3.05, 3.63) is 29.8 Å². The second kappa shape index (κ2) is 5.64. The molecule has 5 nitrogen and oxygen atoms in total. The van der Waals surface area contributed by atoms with E-state index in [1.165, 1.54) is 0 Å². The van der Waals surface area contributed by atoms with E-state index in [-0.39, 0.29) is 24.3 Å². The molecular formula is C13H16N2O3. The van der Waals surface area contributed by atoms with Crippen molar-refractivity contribution in [3.8, 4) is 5.75 Å².